The van der Waals surface area contributed by atoms with Crippen LogP contribution in [-0.2, 0) is 144 Å². The molecule has 0 atom stereocenters. The van der Waals surface area contributed by atoms with Crippen LogP contribution in [0.4, 0.5) is 0 Å². The minimum absolute atomic E-state index is 0. The number of hydrogen-bond donors (Lipinski definition) is 0. The Bertz CT molecular complexity index is 231. The predicted octanol–water partition coefficient (Wildman–Crippen LogP) is -24.5. The Morgan fingerprint density at radius 3 is 0.346 bits per heavy atom. The fraction of sp³-hybridized carbons (Fsp3) is 0. The zero-order valence-electron chi connectivity index (χ0n) is 13.3. The second-order valence-electron chi connectivity index (χ2n) is 1.25. The first kappa shape index (κ1) is 69.9. The average Bonchev–Trinajstić information content (AvgIpc) is 1.94. The zero-order chi connectivity index (χ0) is 17.9. The Morgan fingerprint density at radius 2 is 0.346 bits per heavy atom. The maximum absolute atomic E-state index is 8.58. The first-order chi connectivity index (χ1) is 8.66. The fourth-order valence-corrected chi connectivity index (χ4v) is 0. The van der Waals surface area contributed by atoms with Gasteiger partial charge in [0.1, 0.15) is 0 Å². The van der Waals surface area contributed by atoms with Crippen molar-refractivity contribution in [3.8, 4) is 0 Å². The van der Waals surface area contributed by atoms with Crippen LogP contribution in [0.25, 0.3) is 0 Å². The van der Waals surface area contributed by atoms with Gasteiger partial charge >= 0.3 is 321 Å². The van der Waals surface area contributed by atoms with E-state index in [0.717, 1.165) is 0 Å². The van der Waals surface area contributed by atoms with E-state index in [4.69, 9.17) is 53.5 Å². The van der Waals surface area contributed by atoms with Crippen LogP contribution in [0.2, 0.25) is 0 Å². The van der Waals surface area contributed by atoms with E-state index in [1.807, 2.05) is 0 Å². The first-order valence-electron chi connectivity index (χ1n) is 3.06. The molecule has 26 heteroatoms. The molecule has 0 aromatic heterocycles. The van der Waals surface area contributed by atoms with Crippen molar-refractivity contribution in [3.63, 3.8) is 0 Å². The SMILES string of the molecule is [Fe+3].[Fe+3].[K+].[K+].[Li+].[Li+].[O]=[Ti]([O-])[O-].[O]=[Ti]([O-])[O-].[O]=[Ti]([O-])[O-].[O]=[Ti]([O-])[O-].[O]=[Ti]([O-])[O-]. The summed E-state index contributed by atoms with van der Waals surface area (Å²) in [5.74, 6) is 0. The molecule has 0 rings (SSSR count). The van der Waals surface area contributed by atoms with E-state index in [1.165, 1.54) is 0 Å². The molecule has 0 aromatic carbocycles. The summed E-state index contributed by atoms with van der Waals surface area (Å²) in [7, 11) is 0. The summed E-state index contributed by atoms with van der Waals surface area (Å²) in [4.78, 5) is 0. The summed E-state index contributed by atoms with van der Waals surface area (Å²) in [5.41, 5.74) is 0. The van der Waals surface area contributed by atoms with E-state index in [9.17, 15) is 0 Å². The van der Waals surface area contributed by atoms with Gasteiger partial charge in [-0.25, -0.2) is 0 Å². The maximum atomic E-state index is 8.58. The van der Waals surface area contributed by atoms with Crippen molar-refractivity contribution in [2.45, 2.75) is 0 Å². The summed E-state index contributed by atoms with van der Waals surface area (Å²) in [6.45, 7) is 0. The Hall–Kier alpha value is 7.68. The quantitative estimate of drug-likeness (QED) is 0.214. The molecule has 15 nitrogen and oxygen atoms in total. The number of rotatable bonds is 0. The van der Waals surface area contributed by atoms with E-state index in [1.54, 1.807) is 0 Å². The summed E-state index contributed by atoms with van der Waals surface area (Å²) < 4.78 is 129. The minimum atomic E-state index is -4.08. The molecule has 0 fully saturated rings. The molecule has 0 unspecified atom stereocenters. The molecule has 130 valence electrons. The van der Waals surface area contributed by atoms with Gasteiger partial charge in [0.15, 0.2) is 0 Å². The van der Waals surface area contributed by atoms with Gasteiger partial charge in [-0.2, -0.15) is 0 Å². The van der Waals surface area contributed by atoms with Crippen LogP contribution in [0.5, 0.6) is 0 Å². The fourth-order valence-electron chi connectivity index (χ4n) is 0. The Labute approximate surface area is 312 Å². The first-order valence-corrected chi connectivity index (χ1v) is 12.6. The third kappa shape index (κ3) is 506. The van der Waals surface area contributed by atoms with Gasteiger partial charge in [-0.1, -0.05) is 0 Å². The van der Waals surface area contributed by atoms with E-state index < -0.39 is 93.1 Å². The normalized spacial score (nSPS) is 5.00. The van der Waals surface area contributed by atoms with Gasteiger partial charge in [0, 0.05) is 0 Å². The molecule has 0 N–H and O–H groups in total. The van der Waals surface area contributed by atoms with Crippen LogP contribution in [-0.4, -0.2) is 0 Å². The molecule has 0 aliphatic heterocycles. The molecule has 0 aromatic rings. The van der Waals surface area contributed by atoms with Crippen LogP contribution in [0.15, 0.2) is 0 Å². The number of hydrogen-bond acceptors (Lipinski definition) is 15. The van der Waals surface area contributed by atoms with Crippen LogP contribution in [0, 0.1) is 0 Å². The molecule has 2 radical (unpaired) electrons. The van der Waals surface area contributed by atoms with Gasteiger partial charge in [0.2, 0.25) is 0 Å². The molecular weight excluding hydrogens is 683 g/mol. The van der Waals surface area contributed by atoms with Crippen LogP contribution in [0.3, 0.4) is 0 Å². The predicted molar refractivity (Wildman–Crippen MR) is 3.43 cm³/mol. The van der Waals surface area contributed by atoms with Crippen molar-refractivity contribution < 1.29 is 321 Å². The van der Waals surface area contributed by atoms with Crippen LogP contribution in [0.1, 0.15) is 0 Å². The van der Waals surface area contributed by atoms with Gasteiger partial charge in [-0.3, -0.25) is 0 Å². The van der Waals surface area contributed by atoms with Crippen molar-refractivity contribution in [1.29, 1.82) is 0 Å². The molecule has 0 aliphatic rings. The van der Waals surface area contributed by atoms with Crippen molar-refractivity contribution in [2.75, 3.05) is 0 Å². The average molecular weight is 683 g/mol. The molecular formula is Fe2K2Li2O15Ti5. The van der Waals surface area contributed by atoms with E-state index >= 15 is 0 Å². The van der Waals surface area contributed by atoms with E-state index in [0.29, 0.717) is 0 Å². The monoisotopic (exact) mass is 683 g/mol. The summed E-state index contributed by atoms with van der Waals surface area (Å²) >= 11 is -20.4. The molecule has 0 bridgehead atoms. The third-order valence-electron chi connectivity index (χ3n) is 0. The van der Waals surface area contributed by atoms with Gasteiger partial charge in [0.05, 0.1) is 0 Å². The second kappa shape index (κ2) is 63.8. The standard InChI is InChI=1S/2Fe.2K.2Li.15O.5Ti/q2*+3;4*+1;;;;;;10*-1;;;;;. The third-order valence-corrected chi connectivity index (χ3v) is 0. The van der Waals surface area contributed by atoms with E-state index in [2.05, 4.69) is 0 Å². The van der Waals surface area contributed by atoms with Crippen molar-refractivity contribution >= 4 is 0 Å². The van der Waals surface area contributed by atoms with Crippen LogP contribution >= 0.6 is 0 Å². The van der Waals surface area contributed by atoms with E-state index in [-0.39, 0.29) is 175 Å². The van der Waals surface area contributed by atoms with Crippen molar-refractivity contribution in [3.05, 3.63) is 0 Å². The van der Waals surface area contributed by atoms with Crippen molar-refractivity contribution in [1.82, 2.24) is 0 Å². The molecule has 0 aliphatic carbocycles. The van der Waals surface area contributed by atoms with Gasteiger partial charge in [-0.05, 0) is 0 Å². The summed E-state index contributed by atoms with van der Waals surface area (Å²) in [6, 6.07) is 0. The van der Waals surface area contributed by atoms with Crippen molar-refractivity contribution in [2.24, 2.45) is 0 Å². The molecule has 0 saturated heterocycles. The topological polar surface area (TPSA) is 316 Å². The van der Waals surface area contributed by atoms with Crippen LogP contribution < -0.4 is 177 Å². The molecule has 0 amide bonds. The molecule has 0 heterocycles. The van der Waals surface area contributed by atoms with Gasteiger partial charge < -0.3 is 0 Å². The summed E-state index contributed by atoms with van der Waals surface area (Å²) in [5, 5.41) is 0. The Kier molecular flexibility index (Phi) is 171. The molecule has 26 heavy (non-hydrogen) atoms. The molecule has 0 spiro atoms. The van der Waals surface area contributed by atoms with Gasteiger partial charge in [-0.15, -0.1) is 0 Å². The second-order valence-corrected chi connectivity index (χ2v) is 5.15. The van der Waals surface area contributed by atoms with Gasteiger partial charge in [0.25, 0.3) is 0 Å². The Balaban J connectivity index is -0.0000000114. The molecule has 0 saturated carbocycles. The zero-order valence-corrected chi connectivity index (χ0v) is 29.6. The Morgan fingerprint density at radius 1 is 0.346 bits per heavy atom. The summed E-state index contributed by atoms with van der Waals surface area (Å²) in [6.07, 6.45) is 0.